The number of benzene rings is 3. The van der Waals surface area contributed by atoms with E-state index in [1.165, 1.54) is 29.9 Å². The Bertz CT molecular complexity index is 1390. The van der Waals surface area contributed by atoms with E-state index in [4.69, 9.17) is 5.73 Å². The first kappa shape index (κ1) is 53.1. The number of hydrogen-bond donors (Lipinski definition) is 1. The summed E-state index contributed by atoms with van der Waals surface area (Å²) in [4.78, 5) is 42.8. The smallest absolute Gasteiger partial charge is 1.00 e. The summed E-state index contributed by atoms with van der Waals surface area (Å²) < 4.78 is 0. The molecule has 0 radical (unpaired) electrons. The van der Waals surface area contributed by atoms with Crippen molar-refractivity contribution in [2.24, 2.45) is 5.73 Å². The number of carbonyl (C=O) groups is 3. The fraction of sp³-hybridized carbons (Fsp3) is 0.432. The number of nitrogens with zero attached hydrogens (tertiary/aromatic N) is 3. The fourth-order valence-corrected chi connectivity index (χ4v) is 6.14. The summed E-state index contributed by atoms with van der Waals surface area (Å²) in [6.07, 6.45) is 5.93. The number of nitrogens with two attached hydrogens (primary N) is 1. The summed E-state index contributed by atoms with van der Waals surface area (Å²) >= 11 is 0. The first-order chi connectivity index (χ1) is 24.9. The van der Waals surface area contributed by atoms with Crippen molar-refractivity contribution >= 4 is 40.5 Å². The molecular weight excluding hydrogens is 753 g/mol. The van der Waals surface area contributed by atoms with Crippen molar-refractivity contribution in [3.05, 3.63) is 133 Å². The number of hydrogen-bond acceptors (Lipinski definition) is 7. The zero-order chi connectivity index (χ0) is 39.1. The predicted octanol–water partition coefficient (Wildman–Crippen LogP) is 5.12. The van der Waals surface area contributed by atoms with E-state index in [1.807, 2.05) is 49.4 Å². The Hall–Kier alpha value is -2.96. The van der Waals surface area contributed by atoms with E-state index in [1.54, 1.807) is 20.0 Å². The van der Waals surface area contributed by atoms with E-state index >= 15 is 0 Å². The molecule has 0 spiro atoms. The molecule has 0 bridgehead atoms. The number of piperidine rings is 2. The molecule has 5 atom stereocenters. The Labute approximate surface area is 353 Å². The fourth-order valence-electron chi connectivity index (χ4n) is 6.14. The first-order valence-electron chi connectivity index (χ1n) is 18.2. The van der Waals surface area contributed by atoms with Gasteiger partial charge >= 0.3 is 23.1 Å². The predicted molar refractivity (Wildman–Crippen MR) is 220 cm³/mol. The van der Waals surface area contributed by atoms with Gasteiger partial charge in [-0.25, -0.2) is 5.06 Å². The van der Waals surface area contributed by atoms with Gasteiger partial charge in [0, 0.05) is 82.1 Å². The van der Waals surface area contributed by atoms with Gasteiger partial charge in [0.15, 0.2) is 0 Å². The van der Waals surface area contributed by atoms with Crippen LogP contribution in [0.1, 0.15) is 102 Å². The number of likely N-dealkylation sites (N-methyl/N-ethyl adjacent to an activating group) is 1. The summed E-state index contributed by atoms with van der Waals surface area (Å²) in [5.41, 5.74) is 9.48. The van der Waals surface area contributed by atoms with Crippen molar-refractivity contribution < 1.29 is 36.2 Å². The maximum Gasteiger partial charge on any atom is 2.00 e. The van der Waals surface area contributed by atoms with Gasteiger partial charge in [-0.05, 0) is 58.2 Å². The van der Waals surface area contributed by atoms with E-state index < -0.39 is 0 Å². The number of ketones is 2. The molecule has 2 N–H and O–H groups in total. The number of Topliss-reactive ketones (excluding diaryl/α,β-unsaturated/α-hetero) is 2. The van der Waals surface area contributed by atoms with Crippen molar-refractivity contribution in [3.63, 3.8) is 0 Å². The van der Waals surface area contributed by atoms with Crippen molar-refractivity contribution in [3.8, 4) is 0 Å². The van der Waals surface area contributed by atoms with Crippen molar-refractivity contribution in [2.45, 2.75) is 97.4 Å². The second-order valence-electron chi connectivity index (χ2n) is 13.1. The van der Waals surface area contributed by atoms with Crippen LogP contribution in [0.2, 0.25) is 0 Å². The van der Waals surface area contributed by atoms with Crippen LogP contribution in [-0.2, 0) is 19.2 Å². The minimum Gasteiger partial charge on any atom is -1.00 e. The Kier molecular flexibility index (Phi) is 29.8. The van der Waals surface area contributed by atoms with Crippen LogP contribution in [0, 0.1) is 6.58 Å². The monoisotopic (exact) mass is 814 g/mol. The largest absolute Gasteiger partial charge is 2.00 e. The summed E-state index contributed by atoms with van der Waals surface area (Å²) in [6.45, 7) is 21.3. The summed E-state index contributed by atoms with van der Waals surface area (Å²) in [6, 6.07) is 32.8. The Balaban J connectivity index is 0. The van der Waals surface area contributed by atoms with Gasteiger partial charge in [-0.1, -0.05) is 97.1 Å². The van der Waals surface area contributed by atoms with Gasteiger partial charge in [0.05, 0.1) is 7.11 Å². The summed E-state index contributed by atoms with van der Waals surface area (Å²) in [5.74, 6) is 0.660. The minimum atomic E-state index is -0.153. The standard InChI is InChI=1S/2C14H19NO.C8H11N.C6H11NO2.C2H3.BrH.Mg/c2*1-11-10-14(16)8-9-15(11)12(2)13-6-4-3-5-7-13;1-7(9)8-5-3-2-4-6-8;1-4-5-6(8)7(2)9-3;1-2;;/h2*3-7,11-12H,8-10H2,1-2H3;2-7H,9H2,1H3;4-5H,1-3H3;1H,2H2;1H;/q;;;;-1;;+2/p-1/b;;;5-4+;;;/t11-,12+;11-,12-;7-;;;;/m100..../s1. The molecular formula is C44H63BrMgN4O4. The van der Waals surface area contributed by atoms with Crippen LogP contribution in [0.4, 0.5) is 0 Å². The van der Waals surface area contributed by atoms with Crippen LogP contribution < -0.4 is 22.7 Å². The third-order valence-electron chi connectivity index (χ3n) is 9.25. The SMILES string of the molecule is C/C=C/C(=O)N(C)OC.C[C@@H]1CC(=O)CCN1[C@@H](C)c1ccccc1.C[C@H](N)c1ccccc1.C[C@H]1CC(=O)CCN1[C@@H](C)c1ccccc1.[Br-].[CH-]=C.[Mg+2]. The van der Waals surface area contributed by atoms with E-state index in [0.717, 1.165) is 18.2 Å². The molecule has 1 amide bonds. The molecule has 0 aromatic heterocycles. The molecule has 2 aliphatic rings. The number of halogens is 1. The molecule has 2 fully saturated rings. The van der Waals surface area contributed by atoms with Gasteiger partial charge in [-0.2, -0.15) is 0 Å². The van der Waals surface area contributed by atoms with Gasteiger partial charge in [0.25, 0.3) is 5.91 Å². The number of rotatable bonds is 7. The number of hydroxylamine groups is 2. The van der Waals surface area contributed by atoms with E-state index in [0.29, 0.717) is 61.4 Å². The Morgan fingerprint density at radius 3 is 1.37 bits per heavy atom. The number of allylic oxidation sites excluding steroid dienone is 1. The molecule has 54 heavy (non-hydrogen) atoms. The van der Waals surface area contributed by atoms with Gasteiger partial charge in [-0.15, -0.1) is 0 Å². The van der Waals surface area contributed by atoms with E-state index in [-0.39, 0.29) is 52.0 Å². The average Bonchev–Trinajstić information content (AvgIpc) is 3.17. The summed E-state index contributed by atoms with van der Waals surface area (Å²) in [5, 5.41) is 1.15. The maximum atomic E-state index is 11.4. The van der Waals surface area contributed by atoms with Gasteiger partial charge in [0.1, 0.15) is 11.6 Å². The molecule has 2 saturated heterocycles. The van der Waals surface area contributed by atoms with Crippen LogP contribution >= 0.6 is 0 Å². The quantitative estimate of drug-likeness (QED) is 0.153. The topological polar surface area (TPSA) is 96.2 Å². The van der Waals surface area contributed by atoms with Crippen LogP contribution in [-0.4, -0.2) is 94.7 Å². The van der Waals surface area contributed by atoms with E-state index in [2.05, 4.69) is 104 Å². The second-order valence-corrected chi connectivity index (χ2v) is 13.1. The molecule has 10 heteroatoms. The molecule has 0 saturated carbocycles. The van der Waals surface area contributed by atoms with Gasteiger partial charge in [0.2, 0.25) is 0 Å². The molecule has 3 aromatic carbocycles. The Morgan fingerprint density at radius 2 is 1.11 bits per heavy atom. The molecule has 2 aliphatic heterocycles. The number of amides is 1. The van der Waals surface area contributed by atoms with E-state index in [9.17, 15) is 14.4 Å². The zero-order valence-electron chi connectivity index (χ0n) is 33.9. The third kappa shape index (κ3) is 19.6. The maximum absolute atomic E-state index is 11.4. The third-order valence-corrected chi connectivity index (χ3v) is 9.25. The van der Waals surface area contributed by atoms with Gasteiger partial charge < -0.3 is 29.3 Å². The second kappa shape index (κ2) is 30.3. The average molecular weight is 816 g/mol. The molecule has 3 aromatic rings. The number of carbonyl (C=O) groups excluding carboxylic acids is 3. The number of likely N-dealkylation sites (tertiary alicyclic amines) is 2. The van der Waals surface area contributed by atoms with Crippen LogP contribution in [0.25, 0.3) is 0 Å². The van der Waals surface area contributed by atoms with Crippen molar-refractivity contribution in [2.75, 3.05) is 27.2 Å². The molecule has 0 unspecified atom stereocenters. The Morgan fingerprint density at radius 1 is 0.778 bits per heavy atom. The molecule has 2 heterocycles. The van der Waals surface area contributed by atoms with Crippen LogP contribution in [0.3, 0.4) is 0 Å². The molecule has 5 rings (SSSR count). The summed E-state index contributed by atoms with van der Waals surface area (Å²) in [7, 11) is 3.00. The van der Waals surface area contributed by atoms with Crippen LogP contribution in [0.5, 0.6) is 0 Å². The normalized spacial score (nSPS) is 18.4. The first-order valence-corrected chi connectivity index (χ1v) is 18.2. The zero-order valence-corrected chi connectivity index (χ0v) is 36.9. The minimum absolute atomic E-state index is 0. The molecule has 0 aliphatic carbocycles. The van der Waals surface area contributed by atoms with Crippen molar-refractivity contribution in [1.29, 1.82) is 0 Å². The van der Waals surface area contributed by atoms with Crippen LogP contribution in [0.15, 0.2) is 110 Å². The van der Waals surface area contributed by atoms with Crippen molar-refractivity contribution in [1.82, 2.24) is 14.9 Å². The van der Waals surface area contributed by atoms with Gasteiger partial charge in [-0.3, -0.25) is 35.6 Å². The molecule has 8 nitrogen and oxygen atoms in total. The molecule has 292 valence electrons.